The van der Waals surface area contributed by atoms with Crippen molar-refractivity contribution in [3.05, 3.63) is 42.3 Å². The summed E-state index contributed by atoms with van der Waals surface area (Å²) < 4.78 is 13.1. The lowest BCUT2D eigenvalue weighted by Crippen LogP contribution is -2.47. The molecule has 2 aliphatic rings. The zero-order chi connectivity index (χ0) is 17.1. The predicted octanol–water partition coefficient (Wildman–Crippen LogP) is 2.93. The number of benzene rings is 1. The molecule has 25 heavy (non-hydrogen) atoms. The maximum atomic E-state index is 13.1. The van der Waals surface area contributed by atoms with Gasteiger partial charge in [-0.25, -0.2) is 9.37 Å². The largest absolute Gasteiger partial charge is 0.368 e. The minimum absolute atomic E-state index is 0.190. The third kappa shape index (κ3) is 3.67. The van der Waals surface area contributed by atoms with Crippen molar-refractivity contribution in [2.24, 2.45) is 0 Å². The molecule has 6 heteroatoms. The van der Waals surface area contributed by atoms with Gasteiger partial charge in [0.25, 0.3) is 0 Å². The number of piperazine rings is 1. The van der Waals surface area contributed by atoms with Gasteiger partial charge in [0.2, 0.25) is 5.95 Å². The van der Waals surface area contributed by atoms with Crippen LogP contribution >= 0.6 is 0 Å². The first-order chi connectivity index (χ1) is 12.3. The summed E-state index contributed by atoms with van der Waals surface area (Å²) >= 11 is 0. The molecule has 0 saturated carbocycles. The highest BCUT2D eigenvalue weighted by molar-refractivity contribution is 5.49. The van der Waals surface area contributed by atoms with E-state index < -0.39 is 0 Å². The van der Waals surface area contributed by atoms with Crippen LogP contribution in [0.15, 0.2) is 36.5 Å². The van der Waals surface area contributed by atoms with E-state index in [1.54, 1.807) is 0 Å². The third-order valence-corrected chi connectivity index (χ3v) is 5.06. The number of anilines is 3. The van der Waals surface area contributed by atoms with Crippen molar-refractivity contribution in [1.29, 1.82) is 0 Å². The summed E-state index contributed by atoms with van der Waals surface area (Å²) in [6, 6.07) is 8.75. The molecule has 1 aromatic carbocycles. The van der Waals surface area contributed by atoms with Crippen LogP contribution in [0.5, 0.6) is 0 Å². The summed E-state index contributed by atoms with van der Waals surface area (Å²) in [5, 5.41) is 0. The molecule has 2 aromatic rings. The first-order valence-electron chi connectivity index (χ1n) is 9.13. The van der Waals surface area contributed by atoms with Gasteiger partial charge in [0, 0.05) is 51.2 Å². The van der Waals surface area contributed by atoms with E-state index in [0.717, 1.165) is 56.7 Å². The summed E-state index contributed by atoms with van der Waals surface area (Å²) in [6.07, 6.45) is 5.68. The van der Waals surface area contributed by atoms with Crippen LogP contribution in [0, 0.1) is 5.82 Å². The number of hydrogen-bond donors (Lipinski definition) is 0. The van der Waals surface area contributed by atoms with Crippen molar-refractivity contribution in [2.45, 2.75) is 19.3 Å². The summed E-state index contributed by atoms with van der Waals surface area (Å²) in [5.74, 6) is 1.68. The zero-order valence-electron chi connectivity index (χ0n) is 14.4. The average Bonchev–Trinajstić information content (AvgIpc) is 2.70. The number of nitrogens with zero attached hydrogens (tertiary/aromatic N) is 5. The lowest BCUT2D eigenvalue weighted by molar-refractivity contribution is 0.571. The van der Waals surface area contributed by atoms with Gasteiger partial charge < -0.3 is 14.7 Å². The van der Waals surface area contributed by atoms with Gasteiger partial charge in [-0.2, -0.15) is 4.98 Å². The number of halogens is 1. The number of piperidine rings is 1. The number of rotatable bonds is 3. The predicted molar refractivity (Wildman–Crippen MR) is 98.9 cm³/mol. The van der Waals surface area contributed by atoms with Crippen LogP contribution in [-0.2, 0) is 0 Å². The Hall–Kier alpha value is -2.37. The smallest absolute Gasteiger partial charge is 0.227 e. The van der Waals surface area contributed by atoms with Gasteiger partial charge in [-0.1, -0.05) is 0 Å². The molecule has 4 rings (SSSR count). The van der Waals surface area contributed by atoms with Crippen molar-refractivity contribution >= 4 is 17.5 Å². The van der Waals surface area contributed by atoms with Gasteiger partial charge in [0.05, 0.1) is 0 Å². The van der Waals surface area contributed by atoms with Crippen LogP contribution in [0.4, 0.5) is 21.8 Å². The summed E-state index contributed by atoms with van der Waals surface area (Å²) in [7, 11) is 0. The van der Waals surface area contributed by atoms with Gasteiger partial charge in [-0.3, -0.25) is 0 Å². The standard InChI is InChI=1S/C19H24FN5/c20-16-4-6-17(7-5-16)23-12-14-25(15-13-23)19-21-9-8-18(22-19)24-10-2-1-3-11-24/h4-9H,1-3,10-15H2. The van der Waals surface area contributed by atoms with Gasteiger partial charge in [0.1, 0.15) is 11.6 Å². The second-order valence-corrected chi connectivity index (χ2v) is 6.71. The van der Waals surface area contributed by atoms with Crippen molar-refractivity contribution in [3.63, 3.8) is 0 Å². The highest BCUT2D eigenvalue weighted by Gasteiger charge is 2.20. The van der Waals surface area contributed by atoms with Gasteiger partial charge in [-0.15, -0.1) is 0 Å². The molecule has 0 radical (unpaired) electrons. The Morgan fingerprint density at radius 1 is 0.720 bits per heavy atom. The minimum Gasteiger partial charge on any atom is -0.368 e. The second kappa shape index (κ2) is 7.25. The molecule has 3 heterocycles. The number of hydrogen-bond acceptors (Lipinski definition) is 5. The molecule has 0 N–H and O–H groups in total. The van der Waals surface area contributed by atoms with E-state index in [9.17, 15) is 4.39 Å². The van der Waals surface area contributed by atoms with Crippen LogP contribution < -0.4 is 14.7 Å². The number of aromatic nitrogens is 2. The molecule has 0 aliphatic carbocycles. The monoisotopic (exact) mass is 341 g/mol. The molecule has 0 amide bonds. The molecule has 0 atom stereocenters. The Balaban J connectivity index is 1.41. The van der Waals surface area contributed by atoms with Crippen LogP contribution in [-0.4, -0.2) is 49.2 Å². The fourth-order valence-electron chi connectivity index (χ4n) is 3.61. The second-order valence-electron chi connectivity index (χ2n) is 6.71. The first kappa shape index (κ1) is 16.1. The van der Waals surface area contributed by atoms with Crippen molar-refractivity contribution in [3.8, 4) is 0 Å². The van der Waals surface area contributed by atoms with E-state index in [4.69, 9.17) is 4.98 Å². The SMILES string of the molecule is Fc1ccc(N2CCN(c3nccc(N4CCCCC4)n3)CC2)cc1. The molecular weight excluding hydrogens is 317 g/mol. The Morgan fingerprint density at radius 2 is 1.40 bits per heavy atom. The van der Waals surface area contributed by atoms with Crippen LogP contribution in [0.3, 0.4) is 0 Å². The molecule has 2 aliphatic heterocycles. The molecule has 132 valence electrons. The lowest BCUT2D eigenvalue weighted by atomic mass is 10.1. The topological polar surface area (TPSA) is 35.5 Å². The van der Waals surface area contributed by atoms with Crippen molar-refractivity contribution in [1.82, 2.24) is 9.97 Å². The maximum Gasteiger partial charge on any atom is 0.227 e. The Bertz CT molecular complexity index is 691. The fraction of sp³-hybridized carbons (Fsp3) is 0.474. The van der Waals surface area contributed by atoms with Crippen LogP contribution in [0.2, 0.25) is 0 Å². The summed E-state index contributed by atoms with van der Waals surface area (Å²) in [6.45, 7) is 5.72. The molecule has 5 nitrogen and oxygen atoms in total. The minimum atomic E-state index is -0.190. The summed E-state index contributed by atoms with van der Waals surface area (Å²) in [4.78, 5) is 16.2. The van der Waals surface area contributed by atoms with E-state index in [0.29, 0.717) is 0 Å². The molecule has 2 saturated heterocycles. The molecule has 0 unspecified atom stereocenters. The van der Waals surface area contributed by atoms with Crippen LogP contribution in [0.25, 0.3) is 0 Å². The maximum absolute atomic E-state index is 13.1. The quantitative estimate of drug-likeness (QED) is 0.858. The molecule has 1 aromatic heterocycles. The van der Waals surface area contributed by atoms with Crippen LogP contribution in [0.1, 0.15) is 19.3 Å². The van der Waals surface area contributed by atoms with E-state index >= 15 is 0 Å². The zero-order valence-corrected chi connectivity index (χ0v) is 14.4. The highest BCUT2D eigenvalue weighted by Crippen LogP contribution is 2.22. The molecule has 2 fully saturated rings. The Kier molecular flexibility index (Phi) is 4.68. The Morgan fingerprint density at radius 3 is 2.12 bits per heavy atom. The summed E-state index contributed by atoms with van der Waals surface area (Å²) in [5.41, 5.74) is 1.07. The third-order valence-electron chi connectivity index (χ3n) is 5.06. The molecule has 0 spiro atoms. The average molecular weight is 341 g/mol. The van der Waals surface area contributed by atoms with E-state index in [-0.39, 0.29) is 5.82 Å². The van der Waals surface area contributed by atoms with Crippen molar-refractivity contribution < 1.29 is 4.39 Å². The Labute approximate surface area is 148 Å². The lowest BCUT2D eigenvalue weighted by Gasteiger charge is -2.36. The van der Waals surface area contributed by atoms with Crippen molar-refractivity contribution in [2.75, 3.05) is 54.0 Å². The van der Waals surface area contributed by atoms with Gasteiger partial charge >= 0.3 is 0 Å². The fourth-order valence-corrected chi connectivity index (χ4v) is 3.61. The van der Waals surface area contributed by atoms with E-state index in [1.807, 2.05) is 24.4 Å². The van der Waals surface area contributed by atoms with Gasteiger partial charge in [0.15, 0.2) is 0 Å². The normalized spacial score (nSPS) is 18.5. The molecule has 0 bridgehead atoms. The van der Waals surface area contributed by atoms with E-state index in [1.165, 1.54) is 31.4 Å². The highest BCUT2D eigenvalue weighted by atomic mass is 19.1. The first-order valence-corrected chi connectivity index (χ1v) is 9.13. The van der Waals surface area contributed by atoms with Gasteiger partial charge in [-0.05, 0) is 49.6 Å². The van der Waals surface area contributed by atoms with E-state index in [2.05, 4.69) is 19.7 Å². The molecular formula is C19H24FN5.